The number of nitrogens with one attached hydrogen (secondary N) is 2. The van der Waals surface area contributed by atoms with Gasteiger partial charge in [-0.2, -0.15) is 0 Å². The number of hydrogen-bond acceptors (Lipinski definition) is 5. The van der Waals surface area contributed by atoms with Crippen molar-refractivity contribution in [3.8, 4) is 5.75 Å². The Morgan fingerprint density at radius 3 is 2.46 bits per heavy atom. The van der Waals surface area contributed by atoms with Crippen LogP contribution in [0.3, 0.4) is 0 Å². The number of benzene rings is 2. The minimum atomic E-state index is -0.542. The highest BCUT2D eigenvalue weighted by Crippen LogP contribution is 2.24. The molecule has 7 heteroatoms. The van der Waals surface area contributed by atoms with Gasteiger partial charge in [0.25, 0.3) is 5.91 Å². The van der Waals surface area contributed by atoms with Gasteiger partial charge in [-0.25, -0.2) is 0 Å². The van der Waals surface area contributed by atoms with Crippen LogP contribution in [0.1, 0.15) is 17.5 Å². The molecule has 0 unspecified atom stereocenters. The Bertz CT molecular complexity index is 821. The Kier molecular flexibility index (Phi) is 8.02. The molecule has 0 heterocycles. The van der Waals surface area contributed by atoms with Crippen LogP contribution in [-0.4, -0.2) is 38.0 Å². The zero-order valence-corrected chi connectivity index (χ0v) is 16.0. The number of carbonyl (C=O) groups is 3. The fraction of sp³-hybridized carbons (Fsp3) is 0.286. The number of ether oxygens (including phenoxy) is 2. The van der Waals surface area contributed by atoms with Gasteiger partial charge in [-0.3, -0.25) is 14.4 Å². The van der Waals surface area contributed by atoms with E-state index < -0.39 is 24.4 Å². The van der Waals surface area contributed by atoms with Crippen LogP contribution in [0, 0.1) is 6.92 Å². The van der Waals surface area contributed by atoms with Gasteiger partial charge >= 0.3 is 5.97 Å². The second kappa shape index (κ2) is 10.7. The molecule has 2 aromatic carbocycles. The fourth-order valence-electron chi connectivity index (χ4n) is 2.45. The van der Waals surface area contributed by atoms with Crippen molar-refractivity contribution in [3.63, 3.8) is 0 Å². The van der Waals surface area contributed by atoms with Crippen molar-refractivity contribution in [2.24, 2.45) is 0 Å². The summed E-state index contributed by atoms with van der Waals surface area (Å²) < 4.78 is 10.1. The van der Waals surface area contributed by atoms with Crippen LogP contribution < -0.4 is 15.4 Å². The predicted octanol–water partition coefficient (Wildman–Crippen LogP) is 2.23. The lowest BCUT2D eigenvalue weighted by Crippen LogP contribution is -2.35. The number of amides is 2. The zero-order valence-electron chi connectivity index (χ0n) is 16.0. The highest BCUT2D eigenvalue weighted by molar-refractivity contribution is 5.96. The molecule has 0 aliphatic rings. The number of rotatable bonds is 9. The van der Waals surface area contributed by atoms with Crippen molar-refractivity contribution in [3.05, 3.63) is 59.7 Å². The van der Waals surface area contributed by atoms with Crippen molar-refractivity contribution in [1.29, 1.82) is 0 Å². The van der Waals surface area contributed by atoms with E-state index in [1.54, 1.807) is 12.1 Å². The Morgan fingerprint density at radius 2 is 1.75 bits per heavy atom. The molecule has 0 atom stereocenters. The monoisotopic (exact) mass is 384 g/mol. The van der Waals surface area contributed by atoms with Gasteiger partial charge in [0.2, 0.25) is 5.91 Å². The molecule has 2 aromatic rings. The highest BCUT2D eigenvalue weighted by atomic mass is 16.5. The molecule has 0 spiro atoms. The van der Waals surface area contributed by atoms with E-state index in [2.05, 4.69) is 10.6 Å². The first kappa shape index (κ1) is 21.0. The standard InChI is InChI=1S/C21H24N2O5/c1-15-8-10-18(27-2)17(12-15)23-19(24)13-22-20(25)14-28-21(26)11-9-16-6-4-3-5-7-16/h3-8,10,12H,9,11,13-14H2,1-2H3,(H,22,25)(H,23,24). The van der Waals surface area contributed by atoms with E-state index in [0.29, 0.717) is 17.9 Å². The van der Waals surface area contributed by atoms with Gasteiger partial charge in [-0.15, -0.1) is 0 Å². The molecule has 0 aliphatic carbocycles. The van der Waals surface area contributed by atoms with Crippen LogP contribution in [0.15, 0.2) is 48.5 Å². The fourth-order valence-corrected chi connectivity index (χ4v) is 2.45. The SMILES string of the molecule is COc1ccc(C)cc1NC(=O)CNC(=O)COC(=O)CCc1ccccc1. The maximum Gasteiger partial charge on any atom is 0.306 e. The van der Waals surface area contributed by atoms with Gasteiger partial charge in [-0.05, 0) is 36.6 Å². The van der Waals surface area contributed by atoms with Crippen LogP contribution >= 0.6 is 0 Å². The summed E-state index contributed by atoms with van der Waals surface area (Å²) in [6.07, 6.45) is 0.729. The molecule has 7 nitrogen and oxygen atoms in total. The summed E-state index contributed by atoms with van der Waals surface area (Å²) in [6.45, 7) is 1.23. The third-order valence-corrected chi connectivity index (χ3v) is 3.90. The normalized spacial score (nSPS) is 10.1. The van der Waals surface area contributed by atoms with Crippen LogP contribution in [0.2, 0.25) is 0 Å². The van der Waals surface area contributed by atoms with Gasteiger partial charge in [0.15, 0.2) is 6.61 Å². The number of anilines is 1. The maximum absolute atomic E-state index is 12.0. The quantitative estimate of drug-likeness (QED) is 0.647. The first-order valence-corrected chi connectivity index (χ1v) is 8.88. The Morgan fingerprint density at radius 1 is 1.00 bits per heavy atom. The van der Waals surface area contributed by atoms with Crippen LogP contribution in [0.5, 0.6) is 5.75 Å². The summed E-state index contributed by atoms with van der Waals surface area (Å²) in [7, 11) is 1.51. The van der Waals surface area contributed by atoms with E-state index in [0.717, 1.165) is 11.1 Å². The molecule has 0 bridgehead atoms. The molecule has 0 saturated carbocycles. The molecule has 2 N–H and O–H groups in total. The topological polar surface area (TPSA) is 93.7 Å². The number of aryl methyl sites for hydroxylation is 2. The number of carbonyl (C=O) groups excluding carboxylic acids is 3. The molecule has 0 saturated heterocycles. The van der Waals surface area contributed by atoms with Crippen molar-refractivity contribution in [1.82, 2.24) is 5.32 Å². The third-order valence-electron chi connectivity index (χ3n) is 3.90. The molecule has 0 aliphatic heterocycles. The molecular weight excluding hydrogens is 360 g/mol. The van der Waals surface area contributed by atoms with E-state index in [4.69, 9.17) is 9.47 Å². The Balaban J connectivity index is 1.68. The summed E-state index contributed by atoms with van der Waals surface area (Å²) in [5, 5.41) is 5.09. The average Bonchev–Trinajstić information content (AvgIpc) is 2.70. The zero-order chi connectivity index (χ0) is 20.4. The number of methoxy groups -OCH3 is 1. The summed E-state index contributed by atoms with van der Waals surface area (Å²) in [6, 6.07) is 14.9. The van der Waals surface area contributed by atoms with E-state index in [-0.39, 0.29) is 13.0 Å². The summed E-state index contributed by atoms with van der Waals surface area (Å²) >= 11 is 0. The molecular formula is C21H24N2O5. The predicted molar refractivity (Wildman–Crippen MR) is 105 cm³/mol. The number of esters is 1. The minimum Gasteiger partial charge on any atom is -0.495 e. The summed E-state index contributed by atoms with van der Waals surface area (Å²) in [4.78, 5) is 35.5. The van der Waals surface area contributed by atoms with E-state index >= 15 is 0 Å². The third kappa shape index (κ3) is 7.11. The van der Waals surface area contributed by atoms with Crippen LogP contribution in [0.4, 0.5) is 5.69 Å². The van der Waals surface area contributed by atoms with Crippen LogP contribution in [0.25, 0.3) is 0 Å². The maximum atomic E-state index is 12.0. The highest BCUT2D eigenvalue weighted by Gasteiger charge is 2.11. The molecule has 148 valence electrons. The smallest absolute Gasteiger partial charge is 0.306 e. The van der Waals surface area contributed by atoms with Crippen molar-refractivity contribution >= 4 is 23.5 Å². The lowest BCUT2D eigenvalue weighted by molar-refractivity contribution is -0.148. The second-order valence-corrected chi connectivity index (χ2v) is 6.17. The van der Waals surface area contributed by atoms with E-state index in [1.807, 2.05) is 43.3 Å². The van der Waals surface area contributed by atoms with Crippen molar-refractivity contribution in [2.45, 2.75) is 19.8 Å². The lowest BCUT2D eigenvalue weighted by Gasteiger charge is -2.11. The first-order valence-electron chi connectivity index (χ1n) is 8.88. The van der Waals surface area contributed by atoms with Crippen molar-refractivity contribution in [2.75, 3.05) is 25.6 Å². The Labute approximate surface area is 164 Å². The molecule has 0 aromatic heterocycles. The van der Waals surface area contributed by atoms with Crippen molar-refractivity contribution < 1.29 is 23.9 Å². The molecule has 28 heavy (non-hydrogen) atoms. The summed E-state index contributed by atoms with van der Waals surface area (Å²) in [5.41, 5.74) is 2.50. The molecule has 0 fully saturated rings. The van der Waals surface area contributed by atoms with E-state index in [9.17, 15) is 14.4 Å². The lowest BCUT2D eigenvalue weighted by atomic mass is 10.1. The molecule has 2 amide bonds. The van der Waals surface area contributed by atoms with Gasteiger partial charge in [0, 0.05) is 6.42 Å². The van der Waals surface area contributed by atoms with Crippen LogP contribution in [-0.2, 0) is 25.5 Å². The van der Waals surface area contributed by atoms with Gasteiger partial charge in [-0.1, -0.05) is 36.4 Å². The van der Waals surface area contributed by atoms with Gasteiger partial charge < -0.3 is 20.1 Å². The Hall–Kier alpha value is -3.35. The molecule has 0 radical (unpaired) electrons. The first-order chi connectivity index (χ1) is 13.5. The van der Waals surface area contributed by atoms with Gasteiger partial charge in [0.1, 0.15) is 5.75 Å². The average molecular weight is 384 g/mol. The van der Waals surface area contributed by atoms with E-state index in [1.165, 1.54) is 7.11 Å². The minimum absolute atomic E-state index is 0.185. The van der Waals surface area contributed by atoms with Gasteiger partial charge in [0.05, 0.1) is 19.3 Å². The second-order valence-electron chi connectivity index (χ2n) is 6.17. The molecule has 2 rings (SSSR count). The number of hydrogen-bond donors (Lipinski definition) is 2. The largest absolute Gasteiger partial charge is 0.495 e. The summed E-state index contributed by atoms with van der Waals surface area (Å²) in [5.74, 6) is -0.891.